The highest BCUT2D eigenvalue weighted by molar-refractivity contribution is 6.30. The van der Waals surface area contributed by atoms with Crippen molar-refractivity contribution in [2.24, 2.45) is 7.05 Å². The van der Waals surface area contributed by atoms with Crippen molar-refractivity contribution < 1.29 is 33.4 Å². The van der Waals surface area contributed by atoms with Crippen LogP contribution in [0, 0.1) is 0 Å². The lowest BCUT2D eigenvalue weighted by Crippen LogP contribution is -2.61. The molecule has 3 aromatic carbocycles. The van der Waals surface area contributed by atoms with Gasteiger partial charge in [0.25, 0.3) is 5.91 Å². The molecular formula is C44H43Cl2N5O7. The van der Waals surface area contributed by atoms with Gasteiger partial charge in [0.05, 0.1) is 17.3 Å². The maximum Gasteiger partial charge on any atom is 0.344 e. The fourth-order valence-electron chi connectivity index (χ4n) is 7.57. The van der Waals surface area contributed by atoms with Crippen molar-refractivity contribution in [1.29, 1.82) is 0 Å². The van der Waals surface area contributed by atoms with Crippen LogP contribution in [0.25, 0.3) is 28.5 Å². The summed E-state index contributed by atoms with van der Waals surface area (Å²) in [6, 6.07) is 17.5. The van der Waals surface area contributed by atoms with Gasteiger partial charge in [-0.25, -0.2) is 19.6 Å². The molecule has 7 rings (SSSR count). The first kappa shape index (κ1) is 40.5. The van der Waals surface area contributed by atoms with E-state index in [0.29, 0.717) is 63.8 Å². The first-order valence-electron chi connectivity index (χ1n) is 19.3. The van der Waals surface area contributed by atoms with E-state index in [-0.39, 0.29) is 18.4 Å². The number of carbonyl (C=O) groups excluding carboxylic acids is 4. The number of hydrogen-bond acceptors (Lipinski definition) is 9. The van der Waals surface area contributed by atoms with Crippen molar-refractivity contribution in [3.8, 4) is 17.3 Å². The Balaban J connectivity index is 1.01. The molecule has 2 aliphatic rings. The third-order valence-corrected chi connectivity index (χ3v) is 11.2. The molecule has 2 saturated carbocycles. The Bertz CT molecular complexity index is 2370. The van der Waals surface area contributed by atoms with Gasteiger partial charge in [0.1, 0.15) is 17.9 Å². The smallest absolute Gasteiger partial charge is 0.344 e. The van der Waals surface area contributed by atoms with E-state index in [1.54, 1.807) is 54.9 Å². The molecule has 58 heavy (non-hydrogen) atoms. The van der Waals surface area contributed by atoms with E-state index in [1.165, 1.54) is 17.7 Å². The van der Waals surface area contributed by atoms with Gasteiger partial charge in [0.15, 0.2) is 12.4 Å². The second kappa shape index (κ2) is 17.8. The maximum atomic E-state index is 13.9. The van der Waals surface area contributed by atoms with Gasteiger partial charge in [-0.1, -0.05) is 54.2 Å². The minimum atomic E-state index is -1.10. The second-order valence-corrected chi connectivity index (χ2v) is 15.4. The average Bonchev–Trinajstić information content (AvgIpc) is 3.84. The van der Waals surface area contributed by atoms with E-state index < -0.39 is 24.1 Å². The predicted octanol–water partition coefficient (Wildman–Crippen LogP) is 8.59. The number of hydrogen-bond donors (Lipinski definition) is 2. The highest BCUT2D eigenvalue weighted by Gasteiger charge is 2.45. The number of aromatic nitrogens is 3. The lowest BCUT2D eigenvalue weighted by Gasteiger charge is -2.40. The number of fused-ring (bicyclic) bond motifs is 1. The minimum Gasteiger partial charge on any atom is -0.493 e. The molecule has 2 aliphatic carbocycles. The van der Waals surface area contributed by atoms with E-state index >= 15 is 0 Å². The van der Waals surface area contributed by atoms with E-state index in [1.807, 2.05) is 36.7 Å². The van der Waals surface area contributed by atoms with Gasteiger partial charge in [-0.3, -0.25) is 9.59 Å². The van der Waals surface area contributed by atoms with Crippen LogP contribution >= 0.6 is 23.2 Å². The van der Waals surface area contributed by atoms with Gasteiger partial charge >= 0.3 is 11.9 Å². The molecule has 2 heterocycles. The summed E-state index contributed by atoms with van der Waals surface area (Å²) in [7, 11) is 1.96. The van der Waals surface area contributed by atoms with Gasteiger partial charge in [-0.15, -0.1) is 0 Å². The monoisotopic (exact) mass is 823 g/mol. The molecule has 2 N–H and O–H groups in total. The quantitative estimate of drug-likeness (QED) is 0.0829. The van der Waals surface area contributed by atoms with Crippen LogP contribution in [-0.4, -0.2) is 57.0 Å². The number of benzene rings is 3. The number of anilines is 1. The number of nitrogens with zero attached hydrogens (tertiary/aromatic N) is 3. The summed E-state index contributed by atoms with van der Waals surface area (Å²) in [5, 5.41) is 8.10. The first-order chi connectivity index (χ1) is 28.0. The van der Waals surface area contributed by atoms with Crippen molar-refractivity contribution in [3.05, 3.63) is 111 Å². The SMILES string of the molecule is CCOc1cc(NC(=O)C2(NC(=O)c3ccc4c(C5CCCC5)c(-c5ncc(Cl)cn5)n(C)c4c3)CCC2)ccc1/C=C/C(=O)OCC(=O)OCc1ccc(Cl)cc1. The summed E-state index contributed by atoms with van der Waals surface area (Å²) in [5.41, 5.74) is 4.09. The molecule has 0 saturated heterocycles. The van der Waals surface area contributed by atoms with Gasteiger partial charge in [-0.05, 0) is 98.5 Å². The minimum absolute atomic E-state index is 0.0204. The second-order valence-electron chi connectivity index (χ2n) is 14.5. The van der Waals surface area contributed by atoms with Gasteiger partial charge < -0.3 is 29.4 Å². The molecule has 0 bridgehead atoms. The molecule has 0 unspecified atom stereocenters. The Kier molecular flexibility index (Phi) is 12.4. The highest BCUT2D eigenvalue weighted by Crippen LogP contribution is 2.44. The molecule has 12 nitrogen and oxygen atoms in total. The standard InChI is InChI=1S/C44H43Cl2N5O7/c1-3-56-36-22-33(16-11-28(36)13-18-37(52)58-26-38(53)57-25-27-9-14-31(45)15-10-27)49-43(55)44(19-6-20-44)50-42(54)30-12-17-34-35(21-30)51(2)40(39(34)29-7-4-5-8-29)41-47-23-32(46)24-48-41/h9-18,21-24,29H,3-8,19-20,25-26H2,1-2H3,(H,49,55)(H,50,54)/b18-13+. The first-order valence-corrected chi connectivity index (χ1v) is 20.0. The Morgan fingerprint density at radius 2 is 1.66 bits per heavy atom. The third kappa shape index (κ3) is 9.03. The molecular weight excluding hydrogens is 781 g/mol. The fourth-order valence-corrected chi connectivity index (χ4v) is 7.79. The Morgan fingerprint density at radius 3 is 2.34 bits per heavy atom. The Hall–Kier alpha value is -5.72. The number of amides is 2. The van der Waals surface area contributed by atoms with E-state index in [0.717, 1.165) is 54.3 Å². The number of ether oxygens (including phenoxy) is 3. The lowest BCUT2D eigenvalue weighted by atomic mass is 9.75. The van der Waals surface area contributed by atoms with Crippen LogP contribution in [-0.2, 0) is 37.5 Å². The van der Waals surface area contributed by atoms with Gasteiger partial charge in [-0.2, -0.15) is 0 Å². The molecule has 2 aromatic heterocycles. The van der Waals surface area contributed by atoms with Crippen molar-refractivity contribution in [2.75, 3.05) is 18.5 Å². The molecule has 5 aromatic rings. The summed E-state index contributed by atoms with van der Waals surface area (Å²) >= 11 is 12.0. The third-order valence-electron chi connectivity index (χ3n) is 10.7. The van der Waals surface area contributed by atoms with Crippen LogP contribution in [0.1, 0.15) is 84.8 Å². The number of aryl methyl sites for hydroxylation is 1. The normalized spacial score (nSPS) is 14.9. The number of nitrogens with one attached hydrogen (secondary N) is 2. The van der Waals surface area contributed by atoms with Crippen molar-refractivity contribution in [3.63, 3.8) is 0 Å². The molecule has 2 amide bonds. The van der Waals surface area contributed by atoms with Crippen LogP contribution in [0.3, 0.4) is 0 Å². The van der Waals surface area contributed by atoms with Crippen LogP contribution in [0.2, 0.25) is 10.0 Å². The summed E-state index contributed by atoms with van der Waals surface area (Å²) in [6.07, 6.45) is 12.1. The summed E-state index contributed by atoms with van der Waals surface area (Å²) in [4.78, 5) is 61.3. The van der Waals surface area contributed by atoms with E-state index in [9.17, 15) is 19.2 Å². The average molecular weight is 825 g/mol. The number of halogens is 2. The van der Waals surface area contributed by atoms with Crippen LogP contribution in [0.15, 0.2) is 79.1 Å². The van der Waals surface area contributed by atoms with Crippen molar-refractivity contribution >= 4 is 69.6 Å². The molecule has 14 heteroatoms. The largest absolute Gasteiger partial charge is 0.493 e. The topological polar surface area (TPSA) is 151 Å². The molecule has 0 radical (unpaired) electrons. The molecule has 300 valence electrons. The van der Waals surface area contributed by atoms with Crippen LogP contribution in [0.5, 0.6) is 5.75 Å². The van der Waals surface area contributed by atoms with Gasteiger partial charge in [0.2, 0.25) is 5.91 Å². The zero-order valence-electron chi connectivity index (χ0n) is 32.2. The Morgan fingerprint density at radius 1 is 0.914 bits per heavy atom. The summed E-state index contributed by atoms with van der Waals surface area (Å²) in [5.74, 6) is -0.772. The number of esters is 2. The van der Waals surface area contributed by atoms with E-state index in [2.05, 4.69) is 20.6 Å². The summed E-state index contributed by atoms with van der Waals surface area (Å²) < 4.78 is 18.1. The fraction of sp³-hybridized carbons (Fsp3) is 0.318. The Labute approximate surface area is 345 Å². The van der Waals surface area contributed by atoms with E-state index in [4.69, 9.17) is 37.4 Å². The maximum absolute atomic E-state index is 13.9. The number of carbonyl (C=O) groups is 4. The lowest BCUT2D eigenvalue weighted by molar-refractivity contribution is -0.157. The van der Waals surface area contributed by atoms with Crippen LogP contribution < -0.4 is 15.4 Å². The summed E-state index contributed by atoms with van der Waals surface area (Å²) in [6.45, 7) is 1.60. The predicted molar refractivity (Wildman–Crippen MR) is 222 cm³/mol. The van der Waals surface area contributed by atoms with Gasteiger partial charge in [0, 0.05) is 64.3 Å². The zero-order valence-corrected chi connectivity index (χ0v) is 33.7. The van der Waals surface area contributed by atoms with Crippen LogP contribution in [0.4, 0.5) is 5.69 Å². The molecule has 0 atom stereocenters. The molecule has 0 aliphatic heterocycles. The molecule has 2 fully saturated rings. The molecule has 0 spiro atoms. The van der Waals surface area contributed by atoms with Crippen molar-refractivity contribution in [1.82, 2.24) is 19.9 Å². The number of rotatable bonds is 14. The zero-order chi connectivity index (χ0) is 40.8. The van der Waals surface area contributed by atoms with Crippen molar-refractivity contribution in [2.45, 2.75) is 69.9 Å². The highest BCUT2D eigenvalue weighted by atomic mass is 35.5.